The highest BCUT2D eigenvalue weighted by Crippen LogP contribution is 2.39. The normalized spacial score (nSPS) is 19.9. The summed E-state index contributed by atoms with van der Waals surface area (Å²) in [6, 6.07) is 7.84. The first-order valence-corrected chi connectivity index (χ1v) is 8.00. The highest BCUT2D eigenvalue weighted by Gasteiger charge is 2.44. The minimum absolute atomic E-state index is 0.00381. The zero-order valence-corrected chi connectivity index (χ0v) is 13.0. The van der Waals surface area contributed by atoms with E-state index in [1.807, 2.05) is 4.90 Å². The third kappa shape index (κ3) is 2.85. The van der Waals surface area contributed by atoms with Gasteiger partial charge in [0, 0.05) is 32.4 Å². The zero-order chi connectivity index (χ0) is 16.3. The molecule has 3 rings (SSSR count). The van der Waals surface area contributed by atoms with Crippen LogP contribution in [0.5, 0.6) is 0 Å². The molecular formula is C17H19N5O. The van der Waals surface area contributed by atoms with Gasteiger partial charge in [0.25, 0.3) is 0 Å². The van der Waals surface area contributed by atoms with Gasteiger partial charge >= 0.3 is 0 Å². The van der Waals surface area contributed by atoms with Crippen molar-refractivity contribution in [1.29, 1.82) is 10.5 Å². The Morgan fingerprint density at radius 1 is 1.17 bits per heavy atom. The Hall–Kier alpha value is -2.60. The molecule has 118 valence electrons. The number of hydrogen-bond acceptors (Lipinski definition) is 5. The molecule has 23 heavy (non-hydrogen) atoms. The standard InChI is InChI=1S/C17H19N5O/c18-12-14-3-6-20-15(11-14)21-7-9-22(10-8-21)16(23)17(13-19)4-1-2-5-17/h3,6,11H,1-2,4-5,7-10H2. The highest BCUT2D eigenvalue weighted by atomic mass is 16.2. The van der Waals surface area contributed by atoms with E-state index in [0.717, 1.165) is 18.7 Å². The number of piperazine rings is 1. The van der Waals surface area contributed by atoms with E-state index < -0.39 is 5.41 Å². The Kier molecular flexibility index (Phi) is 4.16. The van der Waals surface area contributed by atoms with Gasteiger partial charge < -0.3 is 9.80 Å². The van der Waals surface area contributed by atoms with Crippen LogP contribution in [0, 0.1) is 28.1 Å². The summed E-state index contributed by atoms with van der Waals surface area (Å²) in [5.74, 6) is 0.767. The van der Waals surface area contributed by atoms with Gasteiger partial charge in [0.1, 0.15) is 11.2 Å². The number of rotatable bonds is 2. The monoisotopic (exact) mass is 309 g/mol. The fourth-order valence-corrected chi connectivity index (χ4v) is 3.45. The van der Waals surface area contributed by atoms with Crippen LogP contribution in [0.25, 0.3) is 0 Å². The van der Waals surface area contributed by atoms with Crippen molar-refractivity contribution >= 4 is 11.7 Å². The average Bonchev–Trinajstić information content (AvgIpc) is 3.11. The number of pyridine rings is 1. The van der Waals surface area contributed by atoms with Gasteiger partial charge in [0.15, 0.2) is 0 Å². The molecule has 1 aromatic rings. The quantitative estimate of drug-likeness (QED) is 0.830. The molecule has 1 saturated heterocycles. The summed E-state index contributed by atoms with van der Waals surface area (Å²) in [7, 11) is 0. The van der Waals surface area contributed by atoms with Gasteiger partial charge in [-0.1, -0.05) is 12.8 Å². The van der Waals surface area contributed by atoms with Crippen LogP contribution in [0.3, 0.4) is 0 Å². The van der Waals surface area contributed by atoms with Crippen molar-refractivity contribution in [3.8, 4) is 12.1 Å². The van der Waals surface area contributed by atoms with Crippen LogP contribution < -0.4 is 4.90 Å². The van der Waals surface area contributed by atoms with E-state index in [4.69, 9.17) is 5.26 Å². The topological polar surface area (TPSA) is 84.0 Å². The number of carbonyl (C=O) groups excluding carboxylic acids is 1. The molecule has 0 bridgehead atoms. The first-order chi connectivity index (χ1) is 11.2. The SMILES string of the molecule is N#Cc1ccnc(N2CCN(C(=O)C3(C#N)CCCC3)CC2)c1. The van der Waals surface area contributed by atoms with Crippen LogP contribution >= 0.6 is 0 Å². The van der Waals surface area contributed by atoms with Crippen LogP contribution in [0.1, 0.15) is 31.2 Å². The highest BCUT2D eigenvalue weighted by molar-refractivity contribution is 5.86. The third-order valence-corrected chi connectivity index (χ3v) is 4.85. The van der Waals surface area contributed by atoms with Crippen LogP contribution in [0.15, 0.2) is 18.3 Å². The first-order valence-electron chi connectivity index (χ1n) is 8.00. The number of nitriles is 2. The zero-order valence-electron chi connectivity index (χ0n) is 13.0. The molecule has 2 fully saturated rings. The second-order valence-corrected chi connectivity index (χ2v) is 6.19. The molecule has 1 aliphatic heterocycles. The lowest BCUT2D eigenvalue weighted by molar-refractivity contribution is -0.139. The second-order valence-electron chi connectivity index (χ2n) is 6.19. The van der Waals surface area contributed by atoms with E-state index in [0.29, 0.717) is 44.6 Å². The molecule has 6 heteroatoms. The molecule has 0 radical (unpaired) electrons. The minimum atomic E-state index is -0.791. The van der Waals surface area contributed by atoms with Crippen molar-refractivity contribution in [2.75, 3.05) is 31.1 Å². The smallest absolute Gasteiger partial charge is 0.243 e. The molecule has 1 amide bonds. The van der Waals surface area contributed by atoms with Gasteiger partial charge in [-0.2, -0.15) is 10.5 Å². The van der Waals surface area contributed by atoms with Gasteiger partial charge in [-0.25, -0.2) is 4.98 Å². The molecule has 0 N–H and O–H groups in total. The van der Waals surface area contributed by atoms with Crippen molar-refractivity contribution in [2.24, 2.45) is 5.41 Å². The van der Waals surface area contributed by atoms with Crippen molar-refractivity contribution in [2.45, 2.75) is 25.7 Å². The van der Waals surface area contributed by atoms with Crippen molar-refractivity contribution < 1.29 is 4.79 Å². The second kappa shape index (κ2) is 6.26. The van der Waals surface area contributed by atoms with Gasteiger partial charge in [-0.3, -0.25) is 4.79 Å². The van der Waals surface area contributed by atoms with E-state index in [1.54, 1.807) is 18.3 Å². The Morgan fingerprint density at radius 3 is 2.48 bits per heavy atom. The lowest BCUT2D eigenvalue weighted by atomic mass is 9.86. The number of carbonyl (C=O) groups is 1. The summed E-state index contributed by atoms with van der Waals surface area (Å²) in [4.78, 5) is 20.9. The number of hydrogen-bond donors (Lipinski definition) is 0. The summed E-state index contributed by atoms with van der Waals surface area (Å²) in [6.45, 7) is 2.55. The molecule has 1 aliphatic carbocycles. The largest absolute Gasteiger partial charge is 0.353 e. The third-order valence-electron chi connectivity index (χ3n) is 4.85. The van der Waals surface area contributed by atoms with Crippen LogP contribution in [0.4, 0.5) is 5.82 Å². The van der Waals surface area contributed by atoms with E-state index in [9.17, 15) is 10.1 Å². The fourth-order valence-electron chi connectivity index (χ4n) is 3.45. The molecule has 0 atom stereocenters. The van der Waals surface area contributed by atoms with Crippen LogP contribution in [-0.2, 0) is 4.79 Å². The number of nitrogens with zero attached hydrogens (tertiary/aromatic N) is 5. The van der Waals surface area contributed by atoms with Crippen molar-refractivity contribution in [3.05, 3.63) is 23.9 Å². The summed E-state index contributed by atoms with van der Waals surface area (Å²) >= 11 is 0. The fraction of sp³-hybridized carbons (Fsp3) is 0.529. The molecule has 0 aromatic carbocycles. The van der Waals surface area contributed by atoms with Gasteiger partial charge in [0.05, 0.1) is 17.7 Å². The number of anilines is 1. The number of aromatic nitrogens is 1. The predicted molar refractivity (Wildman–Crippen MR) is 84.3 cm³/mol. The van der Waals surface area contributed by atoms with E-state index >= 15 is 0 Å². The summed E-state index contributed by atoms with van der Waals surface area (Å²) in [5, 5.41) is 18.4. The van der Waals surface area contributed by atoms with Gasteiger partial charge in [-0.15, -0.1) is 0 Å². The molecule has 1 saturated carbocycles. The molecule has 6 nitrogen and oxygen atoms in total. The van der Waals surface area contributed by atoms with Gasteiger partial charge in [0.2, 0.25) is 5.91 Å². The molecular weight excluding hydrogens is 290 g/mol. The van der Waals surface area contributed by atoms with Gasteiger partial charge in [-0.05, 0) is 25.0 Å². The van der Waals surface area contributed by atoms with Crippen molar-refractivity contribution in [3.63, 3.8) is 0 Å². The predicted octanol–water partition coefficient (Wildman–Crippen LogP) is 1.69. The average molecular weight is 309 g/mol. The maximum Gasteiger partial charge on any atom is 0.243 e. The molecule has 2 aliphatic rings. The maximum absolute atomic E-state index is 12.7. The lowest BCUT2D eigenvalue weighted by Crippen LogP contribution is -2.52. The Balaban J connectivity index is 1.65. The summed E-state index contributed by atoms with van der Waals surface area (Å²) in [5.41, 5.74) is -0.205. The molecule has 0 unspecified atom stereocenters. The molecule has 1 aromatic heterocycles. The van der Waals surface area contributed by atoms with Crippen molar-refractivity contribution in [1.82, 2.24) is 9.88 Å². The minimum Gasteiger partial charge on any atom is -0.353 e. The Labute approximate surface area is 135 Å². The Bertz CT molecular complexity index is 673. The summed E-state index contributed by atoms with van der Waals surface area (Å²) in [6.07, 6.45) is 4.94. The van der Waals surface area contributed by atoms with E-state index in [-0.39, 0.29) is 5.91 Å². The summed E-state index contributed by atoms with van der Waals surface area (Å²) < 4.78 is 0. The first kappa shape index (κ1) is 15.3. The van der Waals surface area contributed by atoms with E-state index in [2.05, 4.69) is 22.0 Å². The van der Waals surface area contributed by atoms with E-state index in [1.165, 1.54) is 0 Å². The molecule has 0 spiro atoms. The Morgan fingerprint density at radius 2 is 1.87 bits per heavy atom. The van der Waals surface area contributed by atoms with Crippen LogP contribution in [0.2, 0.25) is 0 Å². The molecule has 2 heterocycles. The maximum atomic E-state index is 12.7. The lowest BCUT2D eigenvalue weighted by Gasteiger charge is -2.38. The van der Waals surface area contributed by atoms with Crippen LogP contribution in [-0.4, -0.2) is 42.0 Å². The number of amides is 1.